The van der Waals surface area contributed by atoms with Gasteiger partial charge in [-0.05, 0) is 49.1 Å². The average Bonchev–Trinajstić information content (AvgIpc) is 2.47. The third kappa shape index (κ3) is 3.34. The normalized spacial score (nSPS) is 11.5. The number of nitrogens with two attached hydrogens (primary N) is 1. The molecule has 0 saturated heterocycles. The van der Waals surface area contributed by atoms with Crippen molar-refractivity contribution in [1.29, 1.82) is 0 Å². The molecule has 0 aromatic heterocycles. The molecule has 0 bridgehead atoms. The van der Waals surface area contributed by atoms with Crippen LogP contribution in [0.3, 0.4) is 0 Å². The van der Waals surface area contributed by atoms with Crippen LogP contribution in [0.4, 0.5) is 0 Å². The van der Waals surface area contributed by atoms with Crippen LogP contribution in [-0.4, -0.2) is 11.0 Å². The standard InChI is InChI=1S/C17H20N2O2/c1-11-5-4-6-12(2)16(11)21-10-15-8-7-14(9-13(15)3)17(18)19-20/h4-9,20H,10H2,1-3H3,(H2,18,19). The summed E-state index contributed by atoms with van der Waals surface area (Å²) in [7, 11) is 0. The van der Waals surface area contributed by atoms with Gasteiger partial charge in [-0.3, -0.25) is 0 Å². The van der Waals surface area contributed by atoms with E-state index in [1.807, 2.05) is 57.2 Å². The van der Waals surface area contributed by atoms with E-state index in [1.165, 1.54) is 0 Å². The fourth-order valence-corrected chi connectivity index (χ4v) is 2.25. The van der Waals surface area contributed by atoms with Gasteiger partial charge in [0.15, 0.2) is 5.84 Å². The molecule has 4 nitrogen and oxygen atoms in total. The Morgan fingerprint density at radius 3 is 2.33 bits per heavy atom. The van der Waals surface area contributed by atoms with Crippen LogP contribution in [0.5, 0.6) is 5.75 Å². The van der Waals surface area contributed by atoms with E-state index in [0.29, 0.717) is 12.2 Å². The fraction of sp³-hybridized carbons (Fsp3) is 0.235. The van der Waals surface area contributed by atoms with Gasteiger partial charge in [0.2, 0.25) is 0 Å². The van der Waals surface area contributed by atoms with Crippen molar-refractivity contribution in [2.45, 2.75) is 27.4 Å². The van der Waals surface area contributed by atoms with Crippen LogP contribution in [0.15, 0.2) is 41.6 Å². The van der Waals surface area contributed by atoms with Crippen molar-refractivity contribution in [3.63, 3.8) is 0 Å². The van der Waals surface area contributed by atoms with E-state index in [2.05, 4.69) is 5.16 Å². The summed E-state index contributed by atoms with van der Waals surface area (Å²) < 4.78 is 5.95. The summed E-state index contributed by atoms with van der Waals surface area (Å²) in [5, 5.41) is 11.7. The monoisotopic (exact) mass is 284 g/mol. The highest BCUT2D eigenvalue weighted by Crippen LogP contribution is 2.24. The zero-order valence-electron chi connectivity index (χ0n) is 12.6. The molecule has 2 aromatic rings. The van der Waals surface area contributed by atoms with Crippen molar-refractivity contribution >= 4 is 5.84 Å². The van der Waals surface area contributed by atoms with Crippen LogP contribution in [0, 0.1) is 20.8 Å². The van der Waals surface area contributed by atoms with Crippen LogP contribution in [0.25, 0.3) is 0 Å². The van der Waals surface area contributed by atoms with Gasteiger partial charge in [0.1, 0.15) is 12.4 Å². The topological polar surface area (TPSA) is 67.8 Å². The highest BCUT2D eigenvalue weighted by atomic mass is 16.5. The Kier molecular flexibility index (Phi) is 4.48. The lowest BCUT2D eigenvalue weighted by molar-refractivity contribution is 0.301. The van der Waals surface area contributed by atoms with Gasteiger partial charge in [-0.25, -0.2) is 0 Å². The van der Waals surface area contributed by atoms with Crippen LogP contribution < -0.4 is 10.5 Å². The molecular weight excluding hydrogens is 264 g/mol. The van der Waals surface area contributed by atoms with Crippen LogP contribution in [-0.2, 0) is 6.61 Å². The first kappa shape index (κ1) is 14.9. The van der Waals surface area contributed by atoms with Crippen molar-refractivity contribution in [3.8, 4) is 5.75 Å². The Morgan fingerprint density at radius 1 is 1.10 bits per heavy atom. The molecule has 2 rings (SSSR count). The SMILES string of the molecule is Cc1cc(/C(N)=N/O)ccc1COc1c(C)cccc1C. The molecule has 0 radical (unpaired) electrons. The summed E-state index contributed by atoms with van der Waals surface area (Å²) in [4.78, 5) is 0. The highest BCUT2D eigenvalue weighted by Gasteiger charge is 2.07. The zero-order chi connectivity index (χ0) is 15.4. The Labute approximate surface area is 124 Å². The van der Waals surface area contributed by atoms with E-state index in [-0.39, 0.29) is 5.84 Å². The van der Waals surface area contributed by atoms with Gasteiger partial charge in [0.05, 0.1) is 0 Å². The van der Waals surface area contributed by atoms with Crippen molar-refractivity contribution in [3.05, 3.63) is 64.2 Å². The fourth-order valence-electron chi connectivity index (χ4n) is 2.25. The molecule has 3 N–H and O–H groups in total. The molecule has 0 spiro atoms. The first-order valence-electron chi connectivity index (χ1n) is 6.79. The largest absolute Gasteiger partial charge is 0.488 e. The minimum atomic E-state index is 0.111. The molecule has 0 unspecified atom stereocenters. The summed E-state index contributed by atoms with van der Waals surface area (Å²) in [6, 6.07) is 11.8. The maximum atomic E-state index is 8.70. The molecule has 0 aliphatic rings. The number of ether oxygens (including phenoxy) is 1. The highest BCUT2D eigenvalue weighted by molar-refractivity contribution is 5.97. The molecule has 110 valence electrons. The van der Waals surface area contributed by atoms with E-state index in [1.54, 1.807) is 0 Å². The van der Waals surface area contributed by atoms with E-state index >= 15 is 0 Å². The van der Waals surface area contributed by atoms with Gasteiger partial charge in [0.25, 0.3) is 0 Å². The molecule has 0 saturated carbocycles. The zero-order valence-corrected chi connectivity index (χ0v) is 12.6. The molecule has 0 atom stereocenters. The summed E-state index contributed by atoms with van der Waals surface area (Å²) in [6.45, 7) is 6.55. The van der Waals surface area contributed by atoms with E-state index < -0.39 is 0 Å². The lowest BCUT2D eigenvalue weighted by atomic mass is 10.0. The second-order valence-corrected chi connectivity index (χ2v) is 5.14. The Balaban J connectivity index is 2.18. The van der Waals surface area contributed by atoms with Crippen molar-refractivity contribution in [2.75, 3.05) is 0 Å². The first-order valence-corrected chi connectivity index (χ1v) is 6.79. The Morgan fingerprint density at radius 2 is 1.76 bits per heavy atom. The smallest absolute Gasteiger partial charge is 0.170 e. The van der Waals surface area contributed by atoms with E-state index in [0.717, 1.165) is 28.0 Å². The maximum absolute atomic E-state index is 8.70. The quantitative estimate of drug-likeness (QED) is 0.392. The van der Waals surface area contributed by atoms with Crippen LogP contribution in [0.1, 0.15) is 27.8 Å². The summed E-state index contributed by atoms with van der Waals surface area (Å²) in [5.74, 6) is 1.04. The number of aryl methyl sites for hydroxylation is 3. The molecule has 21 heavy (non-hydrogen) atoms. The first-order chi connectivity index (χ1) is 10.0. The van der Waals surface area contributed by atoms with Crippen molar-refractivity contribution < 1.29 is 9.94 Å². The third-order valence-corrected chi connectivity index (χ3v) is 3.53. The van der Waals surface area contributed by atoms with Gasteiger partial charge < -0.3 is 15.7 Å². The molecule has 2 aromatic carbocycles. The number of benzene rings is 2. The number of hydrogen-bond donors (Lipinski definition) is 2. The predicted octanol–water partition coefficient (Wildman–Crippen LogP) is 3.29. The lowest BCUT2D eigenvalue weighted by Crippen LogP contribution is -2.13. The number of oxime groups is 1. The average molecular weight is 284 g/mol. The van der Waals surface area contributed by atoms with Gasteiger partial charge in [-0.2, -0.15) is 0 Å². The van der Waals surface area contributed by atoms with Gasteiger partial charge in [0, 0.05) is 5.56 Å². The van der Waals surface area contributed by atoms with Crippen molar-refractivity contribution in [1.82, 2.24) is 0 Å². The molecular formula is C17H20N2O2. The minimum absolute atomic E-state index is 0.111. The van der Waals surface area contributed by atoms with Crippen LogP contribution >= 0.6 is 0 Å². The number of hydrogen-bond acceptors (Lipinski definition) is 3. The summed E-state index contributed by atoms with van der Waals surface area (Å²) in [6.07, 6.45) is 0. The molecule has 0 fully saturated rings. The molecule has 0 aliphatic heterocycles. The van der Waals surface area contributed by atoms with Crippen LogP contribution in [0.2, 0.25) is 0 Å². The molecule has 0 amide bonds. The molecule has 0 heterocycles. The second-order valence-electron chi connectivity index (χ2n) is 5.14. The molecule has 0 aliphatic carbocycles. The molecule has 4 heteroatoms. The van der Waals surface area contributed by atoms with Crippen molar-refractivity contribution in [2.24, 2.45) is 10.9 Å². The van der Waals surface area contributed by atoms with E-state index in [4.69, 9.17) is 15.7 Å². The Hall–Kier alpha value is -2.49. The van der Waals surface area contributed by atoms with Gasteiger partial charge >= 0.3 is 0 Å². The number of nitrogens with zero attached hydrogens (tertiary/aromatic N) is 1. The summed E-state index contributed by atoms with van der Waals surface area (Å²) >= 11 is 0. The van der Waals surface area contributed by atoms with Gasteiger partial charge in [-0.1, -0.05) is 35.5 Å². The second kappa shape index (κ2) is 6.31. The number of para-hydroxylation sites is 1. The maximum Gasteiger partial charge on any atom is 0.170 e. The number of amidine groups is 1. The minimum Gasteiger partial charge on any atom is -0.488 e. The third-order valence-electron chi connectivity index (χ3n) is 3.53. The van der Waals surface area contributed by atoms with E-state index in [9.17, 15) is 0 Å². The predicted molar refractivity (Wildman–Crippen MR) is 83.9 cm³/mol. The Bertz CT molecular complexity index is 658. The lowest BCUT2D eigenvalue weighted by Gasteiger charge is -2.13. The summed E-state index contributed by atoms with van der Waals surface area (Å²) in [5.41, 5.74) is 10.7. The number of rotatable bonds is 4. The van der Waals surface area contributed by atoms with Gasteiger partial charge in [-0.15, -0.1) is 0 Å².